The van der Waals surface area contributed by atoms with E-state index in [0.717, 1.165) is 24.2 Å². The normalized spacial score (nSPS) is 11.5. The fourth-order valence-corrected chi connectivity index (χ4v) is 1.31. The summed E-state index contributed by atoms with van der Waals surface area (Å²) in [5, 5.41) is 20.9. The average Bonchev–Trinajstić information content (AvgIpc) is 2.26. The minimum Gasteiger partial charge on any atom is -0.388 e. The summed E-state index contributed by atoms with van der Waals surface area (Å²) in [6, 6.07) is 1.92. The Morgan fingerprint density at radius 1 is 1.40 bits per heavy atom. The lowest BCUT2D eigenvalue weighted by Gasteiger charge is -2.25. The maximum atomic E-state index is 10.0. The van der Waals surface area contributed by atoms with Gasteiger partial charge in [-0.1, -0.05) is 13.8 Å². The Labute approximate surface area is 90.7 Å². The van der Waals surface area contributed by atoms with Crippen molar-refractivity contribution in [2.24, 2.45) is 0 Å². The van der Waals surface area contributed by atoms with Gasteiger partial charge in [0.05, 0.1) is 11.8 Å². The lowest BCUT2D eigenvalue weighted by atomic mass is 9.98. The predicted octanol–water partition coefficient (Wildman–Crippen LogP) is 1.75. The van der Waals surface area contributed by atoms with Gasteiger partial charge in [-0.3, -0.25) is 0 Å². The topological polar surface area (TPSA) is 58.0 Å². The molecule has 1 rings (SSSR count). The molecule has 0 radical (unpaired) electrons. The first-order chi connectivity index (χ1) is 7.09. The summed E-state index contributed by atoms with van der Waals surface area (Å²) in [5.41, 5.74) is 0.412. The van der Waals surface area contributed by atoms with E-state index in [0.29, 0.717) is 6.54 Å². The van der Waals surface area contributed by atoms with Crippen LogP contribution in [0.4, 0.5) is 5.82 Å². The highest BCUT2D eigenvalue weighted by Gasteiger charge is 2.21. The van der Waals surface area contributed by atoms with Gasteiger partial charge < -0.3 is 10.4 Å². The monoisotopic (exact) mass is 209 g/mol. The van der Waals surface area contributed by atoms with Crippen LogP contribution >= 0.6 is 0 Å². The van der Waals surface area contributed by atoms with Crippen molar-refractivity contribution in [3.63, 3.8) is 0 Å². The number of hydrogen-bond acceptors (Lipinski definition) is 4. The molecular formula is C11H19N3O. The van der Waals surface area contributed by atoms with Gasteiger partial charge in [0, 0.05) is 6.54 Å². The van der Waals surface area contributed by atoms with Crippen molar-refractivity contribution < 1.29 is 5.11 Å². The van der Waals surface area contributed by atoms with Crippen molar-refractivity contribution >= 4 is 5.82 Å². The van der Waals surface area contributed by atoms with E-state index >= 15 is 0 Å². The summed E-state index contributed by atoms with van der Waals surface area (Å²) < 4.78 is 0. The van der Waals surface area contributed by atoms with Gasteiger partial charge in [-0.15, -0.1) is 5.10 Å². The second-order valence-corrected chi connectivity index (χ2v) is 3.90. The van der Waals surface area contributed by atoms with E-state index < -0.39 is 5.60 Å². The molecule has 1 aromatic rings. The van der Waals surface area contributed by atoms with Gasteiger partial charge in [-0.2, -0.15) is 5.10 Å². The highest BCUT2D eigenvalue weighted by atomic mass is 16.3. The van der Waals surface area contributed by atoms with Crippen molar-refractivity contribution in [1.29, 1.82) is 0 Å². The summed E-state index contributed by atoms with van der Waals surface area (Å²) in [7, 11) is 0. The molecule has 1 heterocycles. The Bertz CT molecular complexity index is 310. The Kier molecular flexibility index (Phi) is 4.03. The third-order valence-corrected chi connectivity index (χ3v) is 2.71. The Morgan fingerprint density at radius 3 is 2.60 bits per heavy atom. The third-order valence-electron chi connectivity index (χ3n) is 2.71. The van der Waals surface area contributed by atoms with Crippen LogP contribution in [0.1, 0.15) is 32.3 Å². The molecule has 84 valence electrons. The number of aromatic nitrogens is 2. The zero-order valence-corrected chi connectivity index (χ0v) is 9.62. The van der Waals surface area contributed by atoms with Crippen LogP contribution in [0.25, 0.3) is 0 Å². The van der Waals surface area contributed by atoms with Crippen LogP contribution in [0.5, 0.6) is 0 Å². The van der Waals surface area contributed by atoms with Crippen molar-refractivity contribution in [2.75, 3.05) is 11.9 Å². The van der Waals surface area contributed by atoms with Gasteiger partial charge in [0.2, 0.25) is 0 Å². The quantitative estimate of drug-likeness (QED) is 0.775. The molecule has 0 fully saturated rings. The minimum atomic E-state index is -0.647. The van der Waals surface area contributed by atoms with Crippen molar-refractivity contribution in [1.82, 2.24) is 10.2 Å². The van der Waals surface area contributed by atoms with Crippen LogP contribution in [0.2, 0.25) is 0 Å². The van der Waals surface area contributed by atoms with E-state index in [9.17, 15) is 5.11 Å². The van der Waals surface area contributed by atoms with Crippen molar-refractivity contribution in [3.8, 4) is 0 Å². The fourth-order valence-electron chi connectivity index (χ4n) is 1.31. The smallest absolute Gasteiger partial charge is 0.149 e. The number of rotatable bonds is 5. The molecule has 0 saturated carbocycles. The van der Waals surface area contributed by atoms with Crippen LogP contribution in [0, 0.1) is 6.92 Å². The van der Waals surface area contributed by atoms with E-state index in [4.69, 9.17) is 0 Å². The first-order valence-corrected chi connectivity index (χ1v) is 5.35. The van der Waals surface area contributed by atoms with E-state index in [1.54, 1.807) is 6.20 Å². The molecule has 0 aliphatic carbocycles. The lowest BCUT2D eigenvalue weighted by molar-refractivity contribution is 0.0456. The lowest BCUT2D eigenvalue weighted by Crippen LogP contribution is -2.35. The molecule has 0 amide bonds. The van der Waals surface area contributed by atoms with Gasteiger partial charge >= 0.3 is 0 Å². The van der Waals surface area contributed by atoms with Gasteiger partial charge in [0.15, 0.2) is 0 Å². The SMILES string of the molecule is CCC(O)(CC)CNc1cc(C)cnn1. The van der Waals surface area contributed by atoms with E-state index in [1.165, 1.54) is 0 Å². The Hall–Kier alpha value is -1.16. The van der Waals surface area contributed by atoms with Gasteiger partial charge in [0.25, 0.3) is 0 Å². The molecule has 2 N–H and O–H groups in total. The molecule has 4 heteroatoms. The third kappa shape index (κ3) is 3.47. The Balaban J connectivity index is 2.56. The van der Waals surface area contributed by atoms with Crippen molar-refractivity contribution in [2.45, 2.75) is 39.2 Å². The number of aliphatic hydroxyl groups is 1. The van der Waals surface area contributed by atoms with Gasteiger partial charge in [-0.05, 0) is 31.4 Å². The van der Waals surface area contributed by atoms with E-state index in [1.807, 2.05) is 26.8 Å². The van der Waals surface area contributed by atoms with E-state index in [-0.39, 0.29) is 0 Å². The first kappa shape index (κ1) is 11.9. The molecule has 0 aliphatic rings. The minimum absolute atomic E-state index is 0.512. The first-order valence-electron chi connectivity index (χ1n) is 5.35. The van der Waals surface area contributed by atoms with Crippen LogP contribution in [-0.4, -0.2) is 27.4 Å². The molecule has 0 bridgehead atoms. The molecule has 0 unspecified atom stereocenters. The zero-order chi connectivity index (χ0) is 11.3. The highest BCUT2D eigenvalue weighted by molar-refractivity contribution is 5.35. The van der Waals surface area contributed by atoms with Crippen molar-refractivity contribution in [3.05, 3.63) is 17.8 Å². The molecule has 0 atom stereocenters. The number of anilines is 1. The van der Waals surface area contributed by atoms with Crippen LogP contribution in [-0.2, 0) is 0 Å². The molecular weight excluding hydrogens is 190 g/mol. The van der Waals surface area contributed by atoms with Crippen LogP contribution in [0.3, 0.4) is 0 Å². The number of aryl methyl sites for hydroxylation is 1. The summed E-state index contributed by atoms with van der Waals surface area (Å²) >= 11 is 0. The largest absolute Gasteiger partial charge is 0.388 e. The number of hydrogen-bond donors (Lipinski definition) is 2. The number of nitrogens with zero attached hydrogens (tertiary/aromatic N) is 2. The summed E-state index contributed by atoms with van der Waals surface area (Å²) in [6.07, 6.45) is 3.17. The molecule has 15 heavy (non-hydrogen) atoms. The fraction of sp³-hybridized carbons (Fsp3) is 0.636. The summed E-state index contributed by atoms with van der Waals surface area (Å²) in [4.78, 5) is 0. The second-order valence-electron chi connectivity index (χ2n) is 3.90. The molecule has 4 nitrogen and oxygen atoms in total. The molecule has 0 aromatic carbocycles. The zero-order valence-electron chi connectivity index (χ0n) is 9.62. The highest BCUT2D eigenvalue weighted by Crippen LogP contribution is 2.15. The van der Waals surface area contributed by atoms with Crippen LogP contribution in [0.15, 0.2) is 12.3 Å². The molecule has 0 saturated heterocycles. The Morgan fingerprint density at radius 2 is 2.07 bits per heavy atom. The maximum absolute atomic E-state index is 10.0. The predicted molar refractivity (Wildman–Crippen MR) is 60.8 cm³/mol. The molecule has 0 aliphatic heterocycles. The molecule has 0 spiro atoms. The van der Waals surface area contributed by atoms with Gasteiger partial charge in [-0.25, -0.2) is 0 Å². The summed E-state index contributed by atoms with van der Waals surface area (Å²) in [5.74, 6) is 0.718. The van der Waals surface area contributed by atoms with Crippen LogP contribution < -0.4 is 5.32 Å². The molecule has 1 aromatic heterocycles. The number of nitrogens with one attached hydrogen (secondary N) is 1. The average molecular weight is 209 g/mol. The van der Waals surface area contributed by atoms with Gasteiger partial charge in [0.1, 0.15) is 5.82 Å². The maximum Gasteiger partial charge on any atom is 0.149 e. The summed E-state index contributed by atoms with van der Waals surface area (Å²) in [6.45, 7) is 6.43. The second kappa shape index (κ2) is 5.07. The standard InChI is InChI=1S/C11H19N3O/c1-4-11(15,5-2)8-12-10-6-9(3)7-13-14-10/h6-7,15H,4-5,8H2,1-3H3,(H,12,14). The van der Waals surface area contributed by atoms with E-state index in [2.05, 4.69) is 15.5 Å².